The second-order valence-electron chi connectivity index (χ2n) is 5.34. The largest absolute Gasteiger partial charge is 0.264 e. The number of rotatable bonds is 5. The molecule has 8 heteroatoms. The fraction of sp³-hybridized carbons (Fsp3) is 0.118. The van der Waals surface area contributed by atoms with Crippen LogP contribution in [0, 0.1) is 5.82 Å². The van der Waals surface area contributed by atoms with E-state index < -0.39 is 0 Å². The predicted molar refractivity (Wildman–Crippen MR) is 92.4 cm³/mol. The molecule has 0 bridgehead atoms. The van der Waals surface area contributed by atoms with Crippen LogP contribution in [-0.2, 0) is 12.3 Å². The summed E-state index contributed by atoms with van der Waals surface area (Å²) in [5, 5.41) is 9.05. The summed E-state index contributed by atoms with van der Waals surface area (Å²) < 4.78 is 15.5. The Bertz CT molecular complexity index is 1000. The van der Waals surface area contributed by atoms with Crippen molar-refractivity contribution in [3.63, 3.8) is 0 Å². The smallest absolute Gasteiger partial charge is 0.183 e. The van der Waals surface area contributed by atoms with E-state index in [4.69, 9.17) is 0 Å². The third-order valence-electron chi connectivity index (χ3n) is 3.64. The highest BCUT2D eigenvalue weighted by Gasteiger charge is 2.13. The summed E-state index contributed by atoms with van der Waals surface area (Å²) in [6.45, 7) is 0.271. The number of halogens is 1. The molecule has 0 N–H and O–H groups in total. The second kappa shape index (κ2) is 6.94. The minimum atomic E-state index is -0.272. The Morgan fingerprint density at radius 2 is 2.00 bits per heavy atom. The molecule has 0 fully saturated rings. The number of hydrogen-bond acceptors (Lipinski definition) is 6. The highest BCUT2D eigenvalue weighted by Crippen LogP contribution is 2.25. The molecule has 3 aromatic heterocycles. The topological polar surface area (TPSA) is 69.4 Å². The highest BCUT2D eigenvalue weighted by molar-refractivity contribution is 7.98. The molecule has 0 aliphatic rings. The van der Waals surface area contributed by atoms with Crippen LogP contribution >= 0.6 is 11.8 Å². The molecule has 0 atom stereocenters. The molecule has 0 radical (unpaired) electrons. The number of thioether (sulfide) groups is 1. The van der Waals surface area contributed by atoms with E-state index in [1.54, 1.807) is 40.8 Å². The molecule has 0 unspecified atom stereocenters. The van der Waals surface area contributed by atoms with Crippen molar-refractivity contribution in [3.8, 4) is 0 Å². The van der Waals surface area contributed by atoms with Gasteiger partial charge in [-0.3, -0.25) is 4.98 Å². The van der Waals surface area contributed by atoms with Crippen LogP contribution in [0.4, 0.5) is 4.39 Å². The minimum absolute atomic E-state index is 0.271. The van der Waals surface area contributed by atoms with Gasteiger partial charge in [0.05, 0.1) is 6.54 Å². The SMILES string of the molecule is Fc1ccccc1Cn1nnc2c(SCc3cccnc3)ncnc21. The molecule has 0 aliphatic carbocycles. The van der Waals surface area contributed by atoms with Crippen molar-refractivity contribution in [2.75, 3.05) is 0 Å². The van der Waals surface area contributed by atoms with Crippen LogP contribution in [0.25, 0.3) is 11.2 Å². The van der Waals surface area contributed by atoms with E-state index in [-0.39, 0.29) is 12.4 Å². The van der Waals surface area contributed by atoms with Crippen LogP contribution < -0.4 is 0 Å². The molecule has 124 valence electrons. The van der Waals surface area contributed by atoms with Gasteiger partial charge in [0, 0.05) is 23.7 Å². The molecule has 3 heterocycles. The molecule has 0 aliphatic heterocycles. The fourth-order valence-corrected chi connectivity index (χ4v) is 3.27. The first-order valence-corrected chi connectivity index (χ1v) is 8.59. The van der Waals surface area contributed by atoms with Gasteiger partial charge >= 0.3 is 0 Å². The molecular weight excluding hydrogens is 339 g/mol. The van der Waals surface area contributed by atoms with Crippen molar-refractivity contribution in [1.82, 2.24) is 29.9 Å². The maximum Gasteiger partial charge on any atom is 0.183 e. The van der Waals surface area contributed by atoms with Crippen LogP contribution in [0.15, 0.2) is 60.1 Å². The number of fused-ring (bicyclic) bond motifs is 1. The molecule has 4 aromatic rings. The monoisotopic (exact) mass is 352 g/mol. The summed E-state index contributed by atoms with van der Waals surface area (Å²) >= 11 is 1.54. The van der Waals surface area contributed by atoms with E-state index in [1.165, 1.54) is 12.4 Å². The number of aromatic nitrogens is 6. The van der Waals surface area contributed by atoms with Crippen LogP contribution in [0.1, 0.15) is 11.1 Å². The molecule has 0 spiro atoms. The lowest BCUT2D eigenvalue weighted by Crippen LogP contribution is -2.04. The zero-order chi connectivity index (χ0) is 17.1. The lowest BCUT2D eigenvalue weighted by Gasteiger charge is -2.04. The van der Waals surface area contributed by atoms with Gasteiger partial charge in [-0.2, -0.15) is 0 Å². The van der Waals surface area contributed by atoms with E-state index in [1.807, 2.05) is 18.3 Å². The number of hydrogen-bond donors (Lipinski definition) is 0. The Morgan fingerprint density at radius 3 is 2.84 bits per heavy atom. The Kier molecular flexibility index (Phi) is 4.34. The summed E-state index contributed by atoms with van der Waals surface area (Å²) in [5.74, 6) is 0.450. The maximum atomic E-state index is 13.9. The first-order valence-electron chi connectivity index (χ1n) is 7.60. The lowest BCUT2D eigenvalue weighted by molar-refractivity contribution is 0.582. The van der Waals surface area contributed by atoms with Gasteiger partial charge in [-0.25, -0.2) is 19.0 Å². The summed E-state index contributed by atoms with van der Waals surface area (Å²) in [7, 11) is 0. The molecule has 0 saturated carbocycles. The van der Waals surface area contributed by atoms with Crippen molar-refractivity contribution < 1.29 is 4.39 Å². The standard InChI is InChI=1S/C17H13FN6S/c18-14-6-2-1-5-13(14)9-24-16-15(22-23-24)17(21-11-20-16)25-10-12-4-3-7-19-8-12/h1-8,11H,9-10H2. The number of pyridine rings is 1. The van der Waals surface area contributed by atoms with Gasteiger partial charge in [0.15, 0.2) is 11.2 Å². The molecule has 0 saturated heterocycles. The van der Waals surface area contributed by atoms with E-state index in [0.717, 1.165) is 16.3 Å². The van der Waals surface area contributed by atoms with Crippen molar-refractivity contribution in [2.24, 2.45) is 0 Å². The maximum absolute atomic E-state index is 13.9. The average molecular weight is 352 g/mol. The molecule has 4 rings (SSSR count). The van der Waals surface area contributed by atoms with Crippen molar-refractivity contribution >= 4 is 22.9 Å². The Balaban J connectivity index is 1.61. The van der Waals surface area contributed by atoms with E-state index in [2.05, 4.69) is 25.3 Å². The van der Waals surface area contributed by atoms with Gasteiger partial charge in [-0.05, 0) is 17.7 Å². The quantitative estimate of drug-likeness (QED) is 0.406. The number of nitrogens with zero attached hydrogens (tertiary/aromatic N) is 6. The first-order chi connectivity index (χ1) is 12.3. The zero-order valence-electron chi connectivity index (χ0n) is 13.1. The Hall–Kier alpha value is -2.87. The summed E-state index contributed by atoms with van der Waals surface area (Å²) in [4.78, 5) is 12.7. The van der Waals surface area contributed by atoms with Crippen molar-refractivity contribution in [1.29, 1.82) is 0 Å². The van der Waals surface area contributed by atoms with Crippen LogP contribution in [0.2, 0.25) is 0 Å². The van der Waals surface area contributed by atoms with Gasteiger partial charge < -0.3 is 0 Å². The fourth-order valence-electron chi connectivity index (χ4n) is 2.41. The third kappa shape index (κ3) is 3.34. The van der Waals surface area contributed by atoms with Gasteiger partial charge in [-0.1, -0.05) is 41.2 Å². The molecule has 0 amide bonds. The predicted octanol–water partition coefficient (Wildman–Crippen LogP) is 3.10. The van der Waals surface area contributed by atoms with E-state index in [9.17, 15) is 4.39 Å². The average Bonchev–Trinajstić information content (AvgIpc) is 3.06. The Labute approximate surface area is 147 Å². The van der Waals surface area contributed by atoms with Crippen molar-refractivity contribution in [2.45, 2.75) is 17.3 Å². The van der Waals surface area contributed by atoms with Crippen LogP contribution in [0.3, 0.4) is 0 Å². The summed E-state index contributed by atoms with van der Waals surface area (Å²) in [6.07, 6.45) is 5.04. The summed E-state index contributed by atoms with van der Waals surface area (Å²) in [6, 6.07) is 10.5. The lowest BCUT2D eigenvalue weighted by atomic mass is 10.2. The Morgan fingerprint density at radius 1 is 1.08 bits per heavy atom. The van der Waals surface area contributed by atoms with E-state index >= 15 is 0 Å². The van der Waals surface area contributed by atoms with Crippen LogP contribution in [0.5, 0.6) is 0 Å². The molecule has 1 aromatic carbocycles. The normalized spacial score (nSPS) is 11.1. The molecule has 25 heavy (non-hydrogen) atoms. The van der Waals surface area contributed by atoms with Gasteiger partial charge in [0.2, 0.25) is 0 Å². The van der Waals surface area contributed by atoms with Gasteiger partial charge in [-0.15, -0.1) is 5.10 Å². The first kappa shape index (κ1) is 15.6. The number of benzene rings is 1. The minimum Gasteiger partial charge on any atom is -0.264 e. The van der Waals surface area contributed by atoms with Gasteiger partial charge in [0.1, 0.15) is 17.2 Å². The van der Waals surface area contributed by atoms with Crippen LogP contribution in [-0.4, -0.2) is 29.9 Å². The molecular formula is C17H13FN6S. The second-order valence-corrected chi connectivity index (χ2v) is 6.30. The molecule has 6 nitrogen and oxygen atoms in total. The third-order valence-corrected chi connectivity index (χ3v) is 4.69. The van der Waals surface area contributed by atoms with Crippen molar-refractivity contribution in [3.05, 3.63) is 72.1 Å². The highest BCUT2D eigenvalue weighted by atomic mass is 32.2. The summed E-state index contributed by atoms with van der Waals surface area (Å²) in [5.41, 5.74) is 2.84. The van der Waals surface area contributed by atoms with E-state index in [0.29, 0.717) is 16.7 Å². The van der Waals surface area contributed by atoms with Gasteiger partial charge in [0.25, 0.3) is 0 Å². The zero-order valence-corrected chi connectivity index (χ0v) is 13.9.